The minimum Gasteiger partial charge on any atom is -0.481 e. The van der Waals surface area contributed by atoms with Gasteiger partial charge in [-0.3, -0.25) is 9.59 Å². The van der Waals surface area contributed by atoms with Crippen molar-refractivity contribution in [1.29, 1.82) is 0 Å². The van der Waals surface area contributed by atoms with Crippen molar-refractivity contribution in [2.75, 3.05) is 6.54 Å². The van der Waals surface area contributed by atoms with E-state index in [0.29, 0.717) is 17.5 Å². The minimum atomic E-state index is -1.10. The number of carboxylic acids is 1. The van der Waals surface area contributed by atoms with Gasteiger partial charge in [-0.05, 0) is 23.4 Å². The van der Waals surface area contributed by atoms with Crippen molar-refractivity contribution >= 4 is 23.2 Å². The van der Waals surface area contributed by atoms with Crippen molar-refractivity contribution in [1.82, 2.24) is 5.32 Å². The average Bonchev–Trinajstić information content (AvgIpc) is 3.03. The van der Waals surface area contributed by atoms with Crippen LogP contribution in [0.15, 0.2) is 47.2 Å². The molecule has 0 saturated carbocycles. The molecule has 2 aromatic rings. The summed E-state index contributed by atoms with van der Waals surface area (Å²) in [6.07, 6.45) is 0.399. The second-order valence-corrected chi connectivity index (χ2v) is 5.58. The zero-order chi connectivity index (χ0) is 15.3. The summed E-state index contributed by atoms with van der Waals surface area (Å²) in [6.45, 7) is 1.88. The average molecular weight is 303 g/mol. The molecule has 0 fully saturated rings. The highest BCUT2D eigenvalue weighted by atomic mass is 32.1. The maximum atomic E-state index is 12.0. The first-order valence-electron chi connectivity index (χ1n) is 6.69. The Balaban J connectivity index is 2.22. The van der Waals surface area contributed by atoms with Gasteiger partial charge in [-0.2, -0.15) is 11.3 Å². The van der Waals surface area contributed by atoms with Crippen LogP contribution in [0.2, 0.25) is 0 Å². The fraction of sp³-hybridized carbons (Fsp3) is 0.250. The third kappa shape index (κ3) is 3.13. The molecule has 1 aromatic carbocycles. The van der Waals surface area contributed by atoms with Gasteiger partial charge < -0.3 is 10.4 Å². The summed E-state index contributed by atoms with van der Waals surface area (Å²) in [4.78, 5) is 23.8. The van der Waals surface area contributed by atoms with Gasteiger partial charge in [0.25, 0.3) is 5.91 Å². The summed E-state index contributed by atoms with van der Waals surface area (Å²) in [5.41, 5.74) is 0.154. The molecule has 2 rings (SSSR count). The SMILES string of the molecule is CCC(CNC(=O)c1ccsc1)(C(=O)O)c1ccccc1. The molecule has 1 atom stereocenters. The Morgan fingerprint density at radius 2 is 1.95 bits per heavy atom. The number of thiophene rings is 1. The second-order valence-electron chi connectivity index (χ2n) is 4.80. The number of aliphatic carboxylic acids is 1. The molecule has 2 N–H and O–H groups in total. The van der Waals surface area contributed by atoms with E-state index >= 15 is 0 Å². The summed E-state index contributed by atoms with van der Waals surface area (Å²) >= 11 is 1.43. The molecule has 0 saturated heterocycles. The van der Waals surface area contributed by atoms with Crippen LogP contribution in [-0.2, 0) is 10.2 Å². The highest BCUT2D eigenvalue weighted by Crippen LogP contribution is 2.28. The lowest BCUT2D eigenvalue weighted by molar-refractivity contribution is -0.143. The standard InChI is InChI=1S/C16H17NO3S/c1-2-16(15(19)20,13-6-4-3-5-7-13)11-17-14(18)12-8-9-21-10-12/h3-10H,2,11H2,1H3,(H,17,18)(H,19,20). The first-order chi connectivity index (χ1) is 10.1. The Morgan fingerprint density at radius 1 is 1.24 bits per heavy atom. The molecular weight excluding hydrogens is 286 g/mol. The van der Waals surface area contributed by atoms with E-state index in [-0.39, 0.29) is 12.5 Å². The highest BCUT2D eigenvalue weighted by molar-refractivity contribution is 7.08. The van der Waals surface area contributed by atoms with Gasteiger partial charge in [0, 0.05) is 17.5 Å². The topological polar surface area (TPSA) is 66.4 Å². The van der Waals surface area contributed by atoms with Crippen LogP contribution in [0.3, 0.4) is 0 Å². The van der Waals surface area contributed by atoms with Crippen LogP contribution in [0.4, 0.5) is 0 Å². The van der Waals surface area contributed by atoms with Gasteiger partial charge in [-0.1, -0.05) is 37.3 Å². The van der Waals surface area contributed by atoms with E-state index in [1.54, 1.807) is 23.6 Å². The van der Waals surface area contributed by atoms with E-state index in [4.69, 9.17) is 0 Å². The van der Waals surface area contributed by atoms with Gasteiger partial charge in [0.1, 0.15) is 5.41 Å². The van der Waals surface area contributed by atoms with Crippen LogP contribution in [-0.4, -0.2) is 23.5 Å². The Labute approximate surface area is 127 Å². The quantitative estimate of drug-likeness (QED) is 0.862. The zero-order valence-corrected chi connectivity index (χ0v) is 12.5. The Morgan fingerprint density at radius 3 is 2.48 bits per heavy atom. The lowest BCUT2D eigenvalue weighted by atomic mass is 9.78. The molecule has 5 heteroatoms. The van der Waals surface area contributed by atoms with E-state index in [2.05, 4.69) is 5.32 Å². The molecule has 1 unspecified atom stereocenters. The Bertz CT molecular complexity index is 610. The van der Waals surface area contributed by atoms with Crippen molar-refractivity contribution in [3.63, 3.8) is 0 Å². The van der Waals surface area contributed by atoms with Crippen LogP contribution < -0.4 is 5.32 Å². The third-order valence-corrected chi connectivity index (χ3v) is 4.36. The number of hydrogen-bond acceptors (Lipinski definition) is 3. The van der Waals surface area contributed by atoms with E-state index in [9.17, 15) is 14.7 Å². The first-order valence-corrected chi connectivity index (χ1v) is 7.64. The van der Waals surface area contributed by atoms with Crippen molar-refractivity contribution in [2.24, 2.45) is 0 Å². The van der Waals surface area contributed by atoms with Gasteiger partial charge in [0.05, 0.1) is 0 Å². The lowest BCUT2D eigenvalue weighted by Gasteiger charge is -2.29. The van der Waals surface area contributed by atoms with Gasteiger partial charge in [0.2, 0.25) is 0 Å². The van der Waals surface area contributed by atoms with E-state index in [1.807, 2.05) is 30.5 Å². The Kier molecular flexibility index (Phi) is 4.75. The molecule has 1 amide bonds. The minimum absolute atomic E-state index is 0.0670. The third-order valence-electron chi connectivity index (χ3n) is 3.67. The van der Waals surface area contributed by atoms with E-state index in [1.165, 1.54) is 11.3 Å². The van der Waals surface area contributed by atoms with Gasteiger partial charge in [0.15, 0.2) is 0 Å². The summed E-state index contributed by atoms with van der Waals surface area (Å²) in [7, 11) is 0. The number of carbonyl (C=O) groups is 2. The number of hydrogen-bond donors (Lipinski definition) is 2. The Hall–Kier alpha value is -2.14. The summed E-state index contributed by atoms with van der Waals surface area (Å²) in [5, 5.41) is 16.0. The van der Waals surface area contributed by atoms with Crippen LogP contribution in [0, 0.1) is 0 Å². The molecule has 0 aliphatic rings. The number of carboxylic acid groups (broad SMARTS) is 1. The van der Waals surface area contributed by atoms with Crippen LogP contribution >= 0.6 is 11.3 Å². The molecule has 0 bridgehead atoms. The second kappa shape index (κ2) is 6.54. The first kappa shape index (κ1) is 15.3. The number of carbonyl (C=O) groups excluding carboxylic acids is 1. The van der Waals surface area contributed by atoms with Crippen molar-refractivity contribution in [3.05, 3.63) is 58.3 Å². The fourth-order valence-electron chi connectivity index (χ4n) is 2.27. The zero-order valence-electron chi connectivity index (χ0n) is 11.7. The lowest BCUT2D eigenvalue weighted by Crippen LogP contribution is -2.46. The molecular formula is C16H17NO3S. The molecule has 0 radical (unpaired) electrons. The molecule has 1 aromatic heterocycles. The summed E-state index contributed by atoms with van der Waals surface area (Å²) in [5.74, 6) is -1.17. The monoisotopic (exact) mass is 303 g/mol. The molecule has 4 nitrogen and oxygen atoms in total. The highest BCUT2D eigenvalue weighted by Gasteiger charge is 2.39. The molecule has 110 valence electrons. The van der Waals surface area contributed by atoms with Crippen molar-refractivity contribution < 1.29 is 14.7 Å². The van der Waals surface area contributed by atoms with Gasteiger partial charge >= 0.3 is 5.97 Å². The number of benzene rings is 1. The predicted octanol–water partition coefficient (Wildman–Crippen LogP) is 2.91. The molecule has 1 heterocycles. The van der Waals surface area contributed by atoms with Crippen LogP contribution in [0.1, 0.15) is 29.3 Å². The van der Waals surface area contributed by atoms with Crippen molar-refractivity contribution in [3.8, 4) is 0 Å². The molecule has 0 aliphatic carbocycles. The van der Waals surface area contributed by atoms with E-state index < -0.39 is 11.4 Å². The molecule has 0 aliphatic heterocycles. The van der Waals surface area contributed by atoms with Crippen LogP contribution in [0.25, 0.3) is 0 Å². The van der Waals surface area contributed by atoms with Crippen molar-refractivity contribution in [2.45, 2.75) is 18.8 Å². The maximum absolute atomic E-state index is 12.0. The summed E-state index contributed by atoms with van der Waals surface area (Å²) in [6, 6.07) is 10.8. The smallest absolute Gasteiger partial charge is 0.315 e. The van der Waals surface area contributed by atoms with E-state index in [0.717, 1.165) is 0 Å². The number of amides is 1. The fourth-order valence-corrected chi connectivity index (χ4v) is 2.90. The van der Waals surface area contributed by atoms with Gasteiger partial charge in [-0.15, -0.1) is 0 Å². The normalized spacial score (nSPS) is 13.4. The number of nitrogens with one attached hydrogen (secondary N) is 1. The molecule has 0 spiro atoms. The van der Waals surface area contributed by atoms with Crippen LogP contribution in [0.5, 0.6) is 0 Å². The van der Waals surface area contributed by atoms with Gasteiger partial charge in [-0.25, -0.2) is 0 Å². The maximum Gasteiger partial charge on any atom is 0.315 e. The number of rotatable bonds is 6. The largest absolute Gasteiger partial charge is 0.481 e. The predicted molar refractivity (Wildman–Crippen MR) is 82.7 cm³/mol. The molecule has 21 heavy (non-hydrogen) atoms. The summed E-state index contributed by atoms with van der Waals surface area (Å²) < 4.78 is 0.